The summed E-state index contributed by atoms with van der Waals surface area (Å²) in [5.74, 6) is 1.02. The Labute approximate surface area is 165 Å². The maximum absolute atomic E-state index is 12.7. The third-order valence-corrected chi connectivity index (χ3v) is 4.76. The minimum atomic E-state index is -0.186. The van der Waals surface area contributed by atoms with Crippen LogP contribution in [-0.2, 0) is 4.79 Å². The Morgan fingerprint density at radius 1 is 1.07 bits per heavy atom. The molecule has 0 spiro atoms. The molecule has 0 unspecified atom stereocenters. The summed E-state index contributed by atoms with van der Waals surface area (Å²) >= 11 is 3.43. The maximum Gasteiger partial charge on any atom is 0.274 e. The second-order valence-electron chi connectivity index (χ2n) is 6.44. The number of allylic oxidation sites excluding steroid dienone is 1. The van der Waals surface area contributed by atoms with Crippen molar-refractivity contribution in [2.24, 2.45) is 0 Å². The molecule has 1 aromatic heterocycles. The molecule has 0 radical (unpaired) electrons. The Morgan fingerprint density at radius 2 is 1.81 bits per heavy atom. The molecule has 134 valence electrons. The molecular formula is C21H17BrN4O. The van der Waals surface area contributed by atoms with Gasteiger partial charge in [0.1, 0.15) is 5.70 Å². The quantitative estimate of drug-likeness (QED) is 0.587. The molecule has 1 aliphatic rings. The fourth-order valence-corrected chi connectivity index (χ4v) is 3.24. The Bertz CT molecular complexity index is 1090. The molecule has 1 amide bonds. The zero-order valence-corrected chi connectivity index (χ0v) is 16.5. The van der Waals surface area contributed by atoms with Gasteiger partial charge in [0.25, 0.3) is 5.91 Å². The topological polar surface area (TPSA) is 59.8 Å². The lowest BCUT2D eigenvalue weighted by atomic mass is 10.1. The fourth-order valence-electron chi connectivity index (χ4n) is 2.98. The molecule has 4 rings (SSSR count). The molecule has 5 nitrogen and oxygen atoms in total. The van der Waals surface area contributed by atoms with Gasteiger partial charge in [0.05, 0.1) is 5.69 Å². The number of carbonyl (C=O) groups excluding carboxylic acids is 1. The minimum absolute atomic E-state index is 0.186. The normalized spacial score (nSPS) is 13.1. The lowest BCUT2D eigenvalue weighted by molar-refractivity contribution is -0.111. The number of hydrogen-bond acceptors (Lipinski definition) is 3. The predicted molar refractivity (Wildman–Crippen MR) is 112 cm³/mol. The Hall–Kier alpha value is -2.99. The highest BCUT2D eigenvalue weighted by molar-refractivity contribution is 9.10. The van der Waals surface area contributed by atoms with Crippen molar-refractivity contribution >= 4 is 45.4 Å². The summed E-state index contributed by atoms with van der Waals surface area (Å²) in [4.78, 5) is 17.4. The van der Waals surface area contributed by atoms with Crippen LogP contribution in [0.3, 0.4) is 0 Å². The van der Waals surface area contributed by atoms with Gasteiger partial charge in [-0.15, -0.1) is 5.10 Å². The van der Waals surface area contributed by atoms with E-state index >= 15 is 0 Å². The molecule has 3 aromatic rings. The number of nitrogens with one attached hydrogen (secondary N) is 1. The van der Waals surface area contributed by atoms with Gasteiger partial charge < -0.3 is 5.32 Å². The van der Waals surface area contributed by atoms with Crippen molar-refractivity contribution in [3.63, 3.8) is 0 Å². The number of aromatic nitrogens is 3. The number of hydrogen-bond donors (Lipinski definition) is 1. The molecule has 2 heterocycles. The van der Waals surface area contributed by atoms with Crippen LogP contribution in [0.1, 0.15) is 25.2 Å². The van der Waals surface area contributed by atoms with Gasteiger partial charge in [-0.25, -0.2) is 9.67 Å². The largest absolute Gasteiger partial charge is 0.320 e. The molecule has 0 saturated carbocycles. The van der Waals surface area contributed by atoms with E-state index in [2.05, 4.69) is 31.3 Å². The van der Waals surface area contributed by atoms with Crippen LogP contribution in [0.2, 0.25) is 0 Å². The van der Waals surface area contributed by atoms with Crippen LogP contribution in [0.15, 0.2) is 58.6 Å². The van der Waals surface area contributed by atoms with Gasteiger partial charge in [-0.2, -0.15) is 0 Å². The zero-order valence-electron chi connectivity index (χ0n) is 14.9. The molecule has 0 saturated heterocycles. The number of halogens is 1. The zero-order chi connectivity index (χ0) is 19.0. The Balaban J connectivity index is 1.83. The highest BCUT2D eigenvalue weighted by atomic mass is 79.9. The number of para-hydroxylation sites is 1. The molecule has 0 atom stereocenters. The van der Waals surface area contributed by atoms with Crippen molar-refractivity contribution < 1.29 is 4.79 Å². The summed E-state index contributed by atoms with van der Waals surface area (Å²) in [6.45, 7) is 3.79. The average Bonchev–Trinajstić information content (AvgIpc) is 3.00. The van der Waals surface area contributed by atoms with E-state index in [9.17, 15) is 4.79 Å². The van der Waals surface area contributed by atoms with Gasteiger partial charge >= 0.3 is 0 Å². The summed E-state index contributed by atoms with van der Waals surface area (Å²) in [5, 5.41) is 7.54. The van der Waals surface area contributed by atoms with Gasteiger partial charge in [-0.05, 0) is 55.3 Å². The molecular weight excluding hydrogens is 404 g/mol. The number of benzene rings is 2. The number of carbonyl (C=O) groups is 1. The third-order valence-electron chi connectivity index (χ3n) is 4.24. The van der Waals surface area contributed by atoms with Crippen molar-refractivity contribution in [3.05, 3.63) is 70.0 Å². The van der Waals surface area contributed by atoms with E-state index in [1.165, 1.54) is 0 Å². The molecule has 1 N–H and O–H groups in total. The van der Waals surface area contributed by atoms with E-state index in [4.69, 9.17) is 0 Å². The van der Waals surface area contributed by atoms with E-state index in [-0.39, 0.29) is 5.91 Å². The first kappa shape index (κ1) is 17.4. The van der Waals surface area contributed by atoms with Crippen LogP contribution in [0.5, 0.6) is 0 Å². The predicted octanol–water partition coefficient (Wildman–Crippen LogP) is 5.08. The van der Waals surface area contributed by atoms with E-state index in [1.807, 2.05) is 74.5 Å². The summed E-state index contributed by atoms with van der Waals surface area (Å²) in [5.41, 5.74) is 3.99. The van der Waals surface area contributed by atoms with Crippen LogP contribution in [0, 0.1) is 0 Å². The highest BCUT2D eigenvalue weighted by Gasteiger charge is 2.26. The highest BCUT2D eigenvalue weighted by Crippen LogP contribution is 2.33. The molecule has 2 aromatic carbocycles. The number of amides is 1. The van der Waals surface area contributed by atoms with E-state index < -0.39 is 0 Å². The molecule has 27 heavy (non-hydrogen) atoms. The van der Waals surface area contributed by atoms with E-state index in [0.717, 1.165) is 26.9 Å². The summed E-state index contributed by atoms with van der Waals surface area (Å²) in [6, 6.07) is 15.6. The van der Waals surface area contributed by atoms with Crippen molar-refractivity contribution in [2.45, 2.75) is 13.8 Å². The second-order valence-corrected chi connectivity index (χ2v) is 7.35. The van der Waals surface area contributed by atoms with Crippen LogP contribution in [-0.4, -0.2) is 20.7 Å². The summed E-state index contributed by atoms with van der Waals surface area (Å²) < 4.78 is 2.67. The van der Waals surface area contributed by atoms with Gasteiger partial charge in [-0.3, -0.25) is 4.79 Å². The Kier molecular flexibility index (Phi) is 4.49. The average molecular weight is 421 g/mol. The van der Waals surface area contributed by atoms with Crippen molar-refractivity contribution in [2.75, 3.05) is 5.32 Å². The van der Waals surface area contributed by atoms with Crippen molar-refractivity contribution in [3.8, 4) is 11.4 Å². The first-order chi connectivity index (χ1) is 13.0. The van der Waals surface area contributed by atoms with Crippen LogP contribution in [0.4, 0.5) is 5.69 Å². The number of anilines is 1. The maximum atomic E-state index is 12.7. The monoisotopic (exact) mass is 420 g/mol. The summed E-state index contributed by atoms with van der Waals surface area (Å²) in [6.07, 6.45) is 3.81. The number of nitrogens with zero attached hydrogens (tertiary/aromatic N) is 3. The van der Waals surface area contributed by atoms with Crippen molar-refractivity contribution in [1.82, 2.24) is 14.8 Å². The summed E-state index contributed by atoms with van der Waals surface area (Å²) in [7, 11) is 0. The molecule has 0 bridgehead atoms. The molecule has 0 fully saturated rings. The standard InChI is InChI=1S/C21H17BrN4O/c1-13(2)19-21(27)23-17-6-4-3-5-16(17)20-24-18(25-26(19)20)12-9-14-7-10-15(22)11-8-14/h3-12H,1-2H3,(H,23,27)/b12-9+. The third kappa shape index (κ3) is 3.36. The van der Waals surface area contributed by atoms with E-state index in [0.29, 0.717) is 17.3 Å². The molecule has 6 heteroatoms. The van der Waals surface area contributed by atoms with Gasteiger partial charge in [0, 0.05) is 10.0 Å². The van der Waals surface area contributed by atoms with Gasteiger partial charge in [0.2, 0.25) is 0 Å². The lowest BCUT2D eigenvalue weighted by Gasteiger charge is -2.07. The number of rotatable bonds is 2. The van der Waals surface area contributed by atoms with Gasteiger partial charge in [-0.1, -0.05) is 46.3 Å². The second kappa shape index (κ2) is 6.96. The lowest BCUT2D eigenvalue weighted by Crippen LogP contribution is -2.17. The van der Waals surface area contributed by atoms with Crippen LogP contribution >= 0.6 is 15.9 Å². The van der Waals surface area contributed by atoms with E-state index in [1.54, 1.807) is 4.68 Å². The first-order valence-electron chi connectivity index (χ1n) is 8.52. The molecule has 0 aliphatic carbocycles. The minimum Gasteiger partial charge on any atom is -0.320 e. The molecule has 1 aliphatic heterocycles. The smallest absolute Gasteiger partial charge is 0.274 e. The number of fused-ring (bicyclic) bond motifs is 3. The fraction of sp³-hybridized carbons (Fsp3) is 0.0952. The van der Waals surface area contributed by atoms with Crippen molar-refractivity contribution in [1.29, 1.82) is 0 Å². The first-order valence-corrected chi connectivity index (χ1v) is 9.31. The Morgan fingerprint density at radius 3 is 2.56 bits per heavy atom. The van der Waals surface area contributed by atoms with Gasteiger partial charge in [0.15, 0.2) is 11.6 Å². The van der Waals surface area contributed by atoms with Crippen LogP contribution < -0.4 is 5.32 Å². The van der Waals surface area contributed by atoms with Crippen LogP contribution in [0.25, 0.3) is 29.2 Å². The SMILES string of the molecule is CC(C)=C1C(=O)Nc2ccccc2-c2nc(/C=C/c3ccc(Br)cc3)nn21.